The fourth-order valence-corrected chi connectivity index (χ4v) is 5.39. The fourth-order valence-electron chi connectivity index (χ4n) is 3.59. The van der Waals surface area contributed by atoms with Crippen molar-refractivity contribution in [1.82, 2.24) is 9.80 Å². The zero-order valence-corrected chi connectivity index (χ0v) is 21.0. The third-order valence-electron chi connectivity index (χ3n) is 5.48. The largest absolute Gasteiger partial charge is 0.351 e. The molecule has 0 amide bonds. The summed E-state index contributed by atoms with van der Waals surface area (Å²) in [5.74, 6) is 0.186. The summed E-state index contributed by atoms with van der Waals surface area (Å²) in [5.41, 5.74) is 0. The molecule has 2 heterocycles. The molecule has 0 aromatic rings. The van der Waals surface area contributed by atoms with Crippen LogP contribution in [0.5, 0.6) is 0 Å². The summed E-state index contributed by atoms with van der Waals surface area (Å²) in [7, 11) is -7.69. The molecule has 0 atom stereocenters. The summed E-state index contributed by atoms with van der Waals surface area (Å²) < 4.78 is 59.2. The Morgan fingerprint density at radius 1 is 0.656 bits per heavy atom. The van der Waals surface area contributed by atoms with Gasteiger partial charge < -0.3 is 9.80 Å². The van der Waals surface area contributed by atoms with Crippen LogP contribution in [0, 0.1) is 0 Å². The predicted octanol–water partition coefficient (Wildman–Crippen LogP) is 2.88. The fraction of sp³-hybridized carbons (Fsp3) is 0.900. The second-order valence-corrected chi connectivity index (χ2v) is 11.7. The summed E-state index contributed by atoms with van der Waals surface area (Å²) in [6, 6.07) is 0. The van der Waals surface area contributed by atoms with Crippen LogP contribution in [0.4, 0.5) is 0 Å². The van der Waals surface area contributed by atoms with Gasteiger partial charge in [-0.25, -0.2) is 0 Å². The summed E-state index contributed by atoms with van der Waals surface area (Å²) in [5, 5.41) is 8.04. The van der Waals surface area contributed by atoms with Crippen molar-refractivity contribution < 1.29 is 25.4 Å². The van der Waals surface area contributed by atoms with Crippen molar-refractivity contribution in [2.75, 3.05) is 37.7 Å². The number of likely N-dealkylation sites (tertiary alicyclic amines) is 2. The minimum atomic E-state index is -3.84. The van der Waals surface area contributed by atoms with Gasteiger partial charge in [-0.1, -0.05) is 26.7 Å². The topological polar surface area (TPSA) is 118 Å². The van der Waals surface area contributed by atoms with Crippen LogP contribution in [-0.4, -0.2) is 76.0 Å². The van der Waals surface area contributed by atoms with Crippen LogP contribution < -0.4 is 0 Å². The minimum Gasteiger partial charge on any atom is -0.351 e. The number of amidine groups is 2. The van der Waals surface area contributed by atoms with E-state index in [9.17, 15) is 16.8 Å². The SMILES string of the molecule is CCCCS(=O)(=O)ON=C(C(=NOS(=O)(=O)CCCC)N1CCCCC1)N1CCCCC1. The molecule has 186 valence electrons. The molecule has 2 rings (SSSR count). The van der Waals surface area contributed by atoms with Crippen LogP contribution in [0.15, 0.2) is 10.3 Å². The lowest BCUT2D eigenvalue weighted by atomic mass is 10.1. The van der Waals surface area contributed by atoms with E-state index in [2.05, 4.69) is 10.3 Å². The molecular formula is C20H38N4O6S2. The van der Waals surface area contributed by atoms with Gasteiger partial charge >= 0.3 is 20.2 Å². The summed E-state index contributed by atoms with van der Waals surface area (Å²) in [6.45, 7) is 6.43. The molecule has 2 fully saturated rings. The molecule has 0 saturated carbocycles. The maximum Gasteiger partial charge on any atom is 0.328 e. The molecule has 12 heteroatoms. The Labute approximate surface area is 193 Å². The third-order valence-corrected chi connectivity index (χ3v) is 7.66. The van der Waals surface area contributed by atoms with E-state index in [-0.39, 0.29) is 23.2 Å². The highest BCUT2D eigenvalue weighted by atomic mass is 32.2. The Bertz CT molecular complexity index is 760. The van der Waals surface area contributed by atoms with Gasteiger partial charge in [0, 0.05) is 26.2 Å². The van der Waals surface area contributed by atoms with E-state index in [1.807, 2.05) is 23.6 Å². The zero-order valence-electron chi connectivity index (χ0n) is 19.4. The molecule has 0 N–H and O–H groups in total. The van der Waals surface area contributed by atoms with Gasteiger partial charge in [-0.2, -0.15) is 16.8 Å². The predicted molar refractivity (Wildman–Crippen MR) is 125 cm³/mol. The highest BCUT2D eigenvalue weighted by molar-refractivity contribution is 7.86. The number of nitrogens with zero attached hydrogens (tertiary/aromatic N) is 4. The van der Waals surface area contributed by atoms with E-state index in [0.717, 1.165) is 51.4 Å². The number of hydrogen-bond acceptors (Lipinski definition) is 8. The number of unbranched alkanes of at least 4 members (excludes halogenated alkanes) is 2. The monoisotopic (exact) mass is 494 g/mol. The van der Waals surface area contributed by atoms with Crippen LogP contribution in [0.2, 0.25) is 0 Å². The first kappa shape index (κ1) is 26.7. The molecule has 2 aliphatic heterocycles. The molecule has 10 nitrogen and oxygen atoms in total. The lowest BCUT2D eigenvalue weighted by Crippen LogP contribution is -2.49. The lowest BCUT2D eigenvalue weighted by Gasteiger charge is -2.34. The van der Waals surface area contributed by atoms with Gasteiger partial charge in [-0.3, -0.25) is 8.57 Å². The van der Waals surface area contributed by atoms with Crippen molar-refractivity contribution in [3.63, 3.8) is 0 Å². The van der Waals surface area contributed by atoms with Gasteiger partial charge in [0.05, 0.1) is 11.5 Å². The first-order valence-electron chi connectivity index (χ1n) is 11.8. The summed E-state index contributed by atoms with van der Waals surface area (Å²) in [6.07, 6.45) is 8.20. The smallest absolute Gasteiger partial charge is 0.328 e. The quantitative estimate of drug-likeness (QED) is 0.258. The van der Waals surface area contributed by atoms with Crippen molar-refractivity contribution in [2.45, 2.75) is 78.1 Å². The van der Waals surface area contributed by atoms with Gasteiger partial charge in [0.1, 0.15) is 0 Å². The third kappa shape index (κ3) is 9.13. The van der Waals surface area contributed by atoms with Crippen LogP contribution in [-0.2, 0) is 28.8 Å². The first-order valence-corrected chi connectivity index (χ1v) is 14.9. The molecule has 0 aromatic carbocycles. The average molecular weight is 495 g/mol. The van der Waals surface area contributed by atoms with Gasteiger partial charge in [0.25, 0.3) is 0 Å². The standard InChI is InChI=1S/C20H38N4O6S2/c1-3-5-17-31(25,26)29-21-19(23-13-9-7-10-14-23)20(24-15-11-8-12-16-24)22-30-32(27,28)18-6-4-2/h3-18H2,1-2H3. The Morgan fingerprint density at radius 2 is 1.00 bits per heavy atom. The number of rotatable bonds is 10. The normalized spacial score (nSPS) is 19.2. The average Bonchev–Trinajstić information content (AvgIpc) is 2.79. The first-order chi connectivity index (χ1) is 15.3. The lowest BCUT2D eigenvalue weighted by molar-refractivity contribution is 0.283. The van der Waals surface area contributed by atoms with E-state index in [1.165, 1.54) is 0 Å². The Balaban J connectivity index is 2.38. The summed E-state index contributed by atoms with van der Waals surface area (Å²) in [4.78, 5) is 3.82. The number of hydrogen-bond donors (Lipinski definition) is 0. The highest BCUT2D eigenvalue weighted by Gasteiger charge is 2.29. The Kier molecular flexibility index (Phi) is 11.0. The Hall–Kier alpha value is -1.56. The maximum atomic E-state index is 12.3. The number of piperidine rings is 2. The van der Waals surface area contributed by atoms with Crippen molar-refractivity contribution in [2.24, 2.45) is 10.3 Å². The van der Waals surface area contributed by atoms with Crippen LogP contribution in [0.1, 0.15) is 78.1 Å². The van der Waals surface area contributed by atoms with Crippen molar-refractivity contribution in [3.8, 4) is 0 Å². The molecule has 0 unspecified atom stereocenters. The Morgan fingerprint density at radius 3 is 1.31 bits per heavy atom. The van der Waals surface area contributed by atoms with E-state index < -0.39 is 20.2 Å². The minimum absolute atomic E-state index is 0.127. The highest BCUT2D eigenvalue weighted by Crippen LogP contribution is 2.17. The van der Waals surface area contributed by atoms with Gasteiger partial charge in [-0.05, 0) is 61.7 Å². The van der Waals surface area contributed by atoms with Gasteiger partial charge in [0.15, 0.2) is 0 Å². The zero-order chi connectivity index (χ0) is 23.5. The molecule has 2 saturated heterocycles. The van der Waals surface area contributed by atoms with Crippen LogP contribution in [0.25, 0.3) is 0 Å². The van der Waals surface area contributed by atoms with E-state index in [1.54, 1.807) is 0 Å². The molecule has 0 radical (unpaired) electrons. The molecule has 32 heavy (non-hydrogen) atoms. The van der Waals surface area contributed by atoms with Crippen molar-refractivity contribution >= 4 is 31.9 Å². The van der Waals surface area contributed by atoms with Gasteiger partial charge in [-0.15, -0.1) is 0 Å². The second-order valence-electron chi connectivity index (χ2n) is 8.30. The van der Waals surface area contributed by atoms with Crippen LogP contribution >= 0.6 is 0 Å². The van der Waals surface area contributed by atoms with Gasteiger partial charge in [0.2, 0.25) is 11.7 Å². The molecule has 0 bridgehead atoms. The molecule has 0 aliphatic carbocycles. The van der Waals surface area contributed by atoms with Crippen molar-refractivity contribution in [3.05, 3.63) is 0 Å². The van der Waals surface area contributed by atoms with E-state index in [0.29, 0.717) is 39.0 Å². The van der Waals surface area contributed by atoms with Crippen molar-refractivity contribution in [1.29, 1.82) is 0 Å². The van der Waals surface area contributed by atoms with Crippen LogP contribution in [0.3, 0.4) is 0 Å². The maximum absolute atomic E-state index is 12.3. The molecular weight excluding hydrogens is 456 g/mol. The second kappa shape index (κ2) is 13.2. The molecule has 0 aromatic heterocycles. The van der Waals surface area contributed by atoms with E-state index in [4.69, 9.17) is 8.57 Å². The molecule has 0 spiro atoms. The molecule has 2 aliphatic rings. The summed E-state index contributed by atoms with van der Waals surface area (Å²) >= 11 is 0. The number of oxime groups is 2. The van der Waals surface area contributed by atoms with E-state index >= 15 is 0 Å².